The number of hydrogen-bond donors (Lipinski definition) is 2. The maximum absolute atomic E-state index is 12.1. The normalized spacial score (nSPS) is 12.6. The Labute approximate surface area is 143 Å². The van der Waals surface area contributed by atoms with E-state index in [4.69, 9.17) is 0 Å². The molecule has 5 nitrogen and oxygen atoms in total. The molecule has 0 aliphatic heterocycles. The van der Waals surface area contributed by atoms with Gasteiger partial charge in [0.2, 0.25) is 5.91 Å². The van der Waals surface area contributed by atoms with Crippen molar-refractivity contribution in [2.24, 2.45) is 0 Å². The van der Waals surface area contributed by atoms with Crippen LogP contribution in [0.2, 0.25) is 0 Å². The van der Waals surface area contributed by atoms with E-state index < -0.39 is 15.9 Å². The summed E-state index contributed by atoms with van der Waals surface area (Å²) in [7, 11) is -1.61. The first-order chi connectivity index (χ1) is 11.3. The summed E-state index contributed by atoms with van der Waals surface area (Å²) in [6, 6.07) is 14.1. The fraction of sp³-hybridized carbons (Fsp3) is 0.278. The highest BCUT2D eigenvalue weighted by Gasteiger charge is 2.18. The molecule has 0 bridgehead atoms. The molecule has 0 saturated carbocycles. The van der Waals surface area contributed by atoms with Gasteiger partial charge in [0, 0.05) is 6.26 Å². The Balaban J connectivity index is 2.45. The van der Waals surface area contributed by atoms with Crippen molar-refractivity contribution in [1.29, 1.82) is 0 Å². The predicted octanol–water partition coefficient (Wildman–Crippen LogP) is 1.82. The molecule has 2 aromatic rings. The van der Waals surface area contributed by atoms with Crippen LogP contribution in [-0.4, -0.2) is 34.2 Å². The van der Waals surface area contributed by atoms with Crippen LogP contribution < -0.4 is 10.6 Å². The average molecular weight is 346 g/mol. The number of aryl methyl sites for hydroxylation is 1. The molecule has 1 amide bonds. The van der Waals surface area contributed by atoms with Gasteiger partial charge in [0.1, 0.15) is 0 Å². The number of carbonyl (C=O) groups excluding carboxylic acids is 1. The molecular formula is C18H22N2O3S. The van der Waals surface area contributed by atoms with Gasteiger partial charge in [0.25, 0.3) is 0 Å². The van der Waals surface area contributed by atoms with Gasteiger partial charge in [-0.3, -0.25) is 4.79 Å². The summed E-state index contributed by atoms with van der Waals surface area (Å²) in [6.45, 7) is 2.18. The molecule has 128 valence electrons. The number of hydrogen-bond acceptors (Lipinski definition) is 4. The van der Waals surface area contributed by atoms with Crippen LogP contribution >= 0.6 is 0 Å². The Bertz CT molecular complexity index is 814. The van der Waals surface area contributed by atoms with E-state index in [9.17, 15) is 13.2 Å². The molecule has 0 aliphatic carbocycles. The van der Waals surface area contributed by atoms with Crippen LogP contribution in [0.25, 0.3) is 0 Å². The summed E-state index contributed by atoms with van der Waals surface area (Å²) in [5, 5.41) is 5.76. The minimum atomic E-state index is -3.31. The van der Waals surface area contributed by atoms with E-state index in [-0.39, 0.29) is 17.3 Å². The van der Waals surface area contributed by atoms with Crippen molar-refractivity contribution >= 4 is 15.7 Å². The number of amides is 1. The molecule has 0 unspecified atom stereocenters. The van der Waals surface area contributed by atoms with Crippen LogP contribution in [0.4, 0.5) is 0 Å². The number of rotatable bonds is 6. The van der Waals surface area contributed by atoms with Gasteiger partial charge in [-0.15, -0.1) is 0 Å². The van der Waals surface area contributed by atoms with Crippen LogP contribution in [0, 0.1) is 6.92 Å². The van der Waals surface area contributed by atoms with Gasteiger partial charge < -0.3 is 10.6 Å². The number of sulfone groups is 1. The van der Waals surface area contributed by atoms with E-state index in [2.05, 4.69) is 10.6 Å². The maximum atomic E-state index is 12.1. The molecule has 0 heterocycles. The molecule has 0 radical (unpaired) electrons. The number of benzene rings is 2. The molecule has 2 N–H and O–H groups in total. The van der Waals surface area contributed by atoms with Crippen LogP contribution in [0.15, 0.2) is 53.4 Å². The first kappa shape index (κ1) is 18.2. The van der Waals surface area contributed by atoms with Gasteiger partial charge in [-0.1, -0.05) is 42.0 Å². The van der Waals surface area contributed by atoms with Crippen molar-refractivity contribution in [1.82, 2.24) is 10.6 Å². The summed E-state index contributed by atoms with van der Waals surface area (Å²) >= 11 is 0. The lowest BCUT2D eigenvalue weighted by atomic mass is 9.97. The number of nitrogens with one attached hydrogen (secondary N) is 2. The Morgan fingerprint density at radius 2 is 1.75 bits per heavy atom. The smallest absolute Gasteiger partial charge is 0.234 e. The molecule has 0 fully saturated rings. The fourth-order valence-corrected chi connectivity index (χ4v) is 3.09. The van der Waals surface area contributed by atoms with Crippen molar-refractivity contribution in [3.05, 3.63) is 65.2 Å². The third kappa shape index (κ3) is 4.66. The van der Waals surface area contributed by atoms with E-state index in [0.717, 1.165) is 16.7 Å². The number of likely N-dealkylation sites (N-methyl/N-ethyl adjacent to an activating group) is 1. The van der Waals surface area contributed by atoms with Crippen molar-refractivity contribution in [3.63, 3.8) is 0 Å². The Kier molecular flexibility index (Phi) is 5.75. The second-order valence-electron chi connectivity index (χ2n) is 5.79. The highest BCUT2D eigenvalue weighted by atomic mass is 32.2. The van der Waals surface area contributed by atoms with Crippen molar-refractivity contribution in [2.75, 3.05) is 19.8 Å². The quantitative estimate of drug-likeness (QED) is 0.837. The van der Waals surface area contributed by atoms with Gasteiger partial charge in [-0.05, 0) is 37.2 Å². The minimum absolute atomic E-state index is 0.159. The van der Waals surface area contributed by atoms with Crippen LogP contribution in [0.1, 0.15) is 22.7 Å². The molecule has 1 atom stereocenters. The van der Waals surface area contributed by atoms with Crippen molar-refractivity contribution in [3.8, 4) is 0 Å². The molecule has 0 aromatic heterocycles. The van der Waals surface area contributed by atoms with Gasteiger partial charge in [-0.25, -0.2) is 8.42 Å². The number of carbonyl (C=O) groups is 1. The third-order valence-electron chi connectivity index (χ3n) is 3.67. The van der Waals surface area contributed by atoms with Crippen molar-refractivity contribution < 1.29 is 13.2 Å². The standard InChI is InChI=1S/C18H22N2O3S/c1-13-7-9-14(10-8-13)18(20-17(21)12-19-2)15-5-4-6-16(11-15)24(3,22)23/h4-11,18-19H,12H2,1-3H3,(H,20,21)/t18-/m0/s1. The lowest BCUT2D eigenvalue weighted by molar-refractivity contribution is -0.120. The molecule has 0 saturated heterocycles. The molecule has 6 heteroatoms. The van der Waals surface area contributed by atoms with E-state index in [1.165, 1.54) is 6.26 Å². The lowest BCUT2D eigenvalue weighted by Crippen LogP contribution is -2.35. The predicted molar refractivity (Wildman–Crippen MR) is 94.6 cm³/mol. The second kappa shape index (κ2) is 7.59. The van der Waals surface area contributed by atoms with E-state index in [1.807, 2.05) is 37.3 Å². The Hall–Kier alpha value is -2.18. The summed E-state index contributed by atoms with van der Waals surface area (Å²) in [6.07, 6.45) is 1.17. The Morgan fingerprint density at radius 3 is 2.33 bits per heavy atom. The average Bonchev–Trinajstić information content (AvgIpc) is 2.53. The topological polar surface area (TPSA) is 75.3 Å². The summed E-state index contributed by atoms with van der Waals surface area (Å²) in [5.74, 6) is -0.159. The summed E-state index contributed by atoms with van der Waals surface area (Å²) in [5.41, 5.74) is 2.74. The molecule has 24 heavy (non-hydrogen) atoms. The van der Waals surface area contributed by atoms with Gasteiger partial charge >= 0.3 is 0 Å². The minimum Gasteiger partial charge on any atom is -0.344 e. The van der Waals surface area contributed by atoms with Crippen LogP contribution in [0.5, 0.6) is 0 Å². The highest BCUT2D eigenvalue weighted by molar-refractivity contribution is 7.90. The fourth-order valence-electron chi connectivity index (χ4n) is 2.42. The zero-order chi connectivity index (χ0) is 17.7. The van der Waals surface area contributed by atoms with E-state index in [0.29, 0.717) is 0 Å². The van der Waals surface area contributed by atoms with Crippen LogP contribution in [-0.2, 0) is 14.6 Å². The lowest BCUT2D eigenvalue weighted by Gasteiger charge is -2.20. The molecule has 2 rings (SSSR count). The second-order valence-corrected chi connectivity index (χ2v) is 7.80. The third-order valence-corrected chi connectivity index (χ3v) is 4.78. The first-order valence-electron chi connectivity index (χ1n) is 7.62. The zero-order valence-corrected chi connectivity index (χ0v) is 14.9. The summed E-state index contributed by atoms with van der Waals surface area (Å²) in [4.78, 5) is 12.3. The van der Waals surface area contributed by atoms with E-state index in [1.54, 1.807) is 25.2 Å². The molecular weight excluding hydrogens is 324 g/mol. The van der Waals surface area contributed by atoms with Crippen LogP contribution in [0.3, 0.4) is 0 Å². The first-order valence-corrected chi connectivity index (χ1v) is 9.51. The monoisotopic (exact) mass is 346 g/mol. The summed E-state index contributed by atoms with van der Waals surface area (Å²) < 4.78 is 23.6. The SMILES string of the molecule is CNCC(=O)N[C@@H](c1ccc(C)cc1)c1cccc(S(C)(=O)=O)c1. The largest absolute Gasteiger partial charge is 0.344 e. The molecule has 0 aliphatic rings. The van der Waals surface area contributed by atoms with Gasteiger partial charge in [0.05, 0.1) is 17.5 Å². The van der Waals surface area contributed by atoms with Gasteiger partial charge in [-0.2, -0.15) is 0 Å². The Morgan fingerprint density at radius 1 is 1.08 bits per heavy atom. The zero-order valence-electron chi connectivity index (χ0n) is 14.0. The molecule has 2 aromatic carbocycles. The van der Waals surface area contributed by atoms with E-state index >= 15 is 0 Å². The van der Waals surface area contributed by atoms with Gasteiger partial charge in [0.15, 0.2) is 9.84 Å². The van der Waals surface area contributed by atoms with Crippen molar-refractivity contribution in [2.45, 2.75) is 17.9 Å². The highest BCUT2D eigenvalue weighted by Crippen LogP contribution is 2.24. The molecule has 0 spiro atoms. The maximum Gasteiger partial charge on any atom is 0.234 e.